The van der Waals surface area contributed by atoms with Crippen LogP contribution in [0.4, 0.5) is 5.82 Å². The van der Waals surface area contributed by atoms with Crippen molar-refractivity contribution in [3.05, 3.63) is 65.5 Å². The molecule has 2 rings (SSSR count). The predicted molar refractivity (Wildman–Crippen MR) is 61.3 cm³/mol. The zero-order valence-electron chi connectivity index (χ0n) is 8.63. The van der Waals surface area contributed by atoms with Crippen molar-refractivity contribution >= 4 is 5.82 Å². The quantitative estimate of drug-likeness (QED) is 0.727. The van der Waals surface area contributed by atoms with E-state index >= 15 is 0 Å². The zero-order valence-corrected chi connectivity index (χ0v) is 8.63. The first kappa shape index (κ1) is 10.2. The van der Waals surface area contributed by atoms with Crippen LogP contribution < -0.4 is 4.74 Å². The van der Waals surface area contributed by atoms with Crippen LogP contribution in [0.3, 0.4) is 0 Å². The molecular weight excluding hydrogens is 200 g/mol. The summed E-state index contributed by atoms with van der Waals surface area (Å²) in [5.74, 6) is 0.836. The van der Waals surface area contributed by atoms with E-state index in [1.165, 1.54) is 0 Å². The van der Waals surface area contributed by atoms with Crippen LogP contribution in [0.5, 0.6) is 5.88 Å². The third-order valence-electron chi connectivity index (χ3n) is 2.05. The molecule has 0 saturated heterocycles. The second-order valence-electron chi connectivity index (χ2n) is 3.22. The zero-order chi connectivity index (χ0) is 11.2. The van der Waals surface area contributed by atoms with E-state index in [2.05, 4.69) is 9.83 Å². The van der Waals surface area contributed by atoms with Gasteiger partial charge in [0.15, 0.2) is 0 Å². The summed E-state index contributed by atoms with van der Waals surface area (Å²) < 4.78 is 5.48. The van der Waals surface area contributed by atoms with Gasteiger partial charge in [-0.15, -0.1) is 0 Å². The van der Waals surface area contributed by atoms with Crippen LogP contribution in [0.1, 0.15) is 5.56 Å². The van der Waals surface area contributed by atoms with Gasteiger partial charge in [0.05, 0.1) is 0 Å². The fraction of sp³-hybridized carbons (Fsp3) is 0.0769. The summed E-state index contributed by atoms with van der Waals surface area (Å²) in [6.07, 6.45) is 0. The molecule has 3 nitrogen and oxygen atoms in total. The van der Waals surface area contributed by atoms with E-state index in [1.54, 1.807) is 18.2 Å². The lowest BCUT2D eigenvalue weighted by atomic mass is 10.2. The van der Waals surface area contributed by atoms with Crippen molar-refractivity contribution in [2.24, 2.45) is 0 Å². The monoisotopic (exact) mass is 210 g/mol. The Morgan fingerprint density at radius 3 is 2.62 bits per heavy atom. The van der Waals surface area contributed by atoms with Gasteiger partial charge in [-0.25, -0.2) is 0 Å². The number of nitrogens with zero attached hydrogens (tertiary/aromatic N) is 2. The molecule has 0 N–H and O–H groups in total. The minimum absolute atomic E-state index is 0.352. The Morgan fingerprint density at radius 2 is 1.88 bits per heavy atom. The highest BCUT2D eigenvalue weighted by molar-refractivity contribution is 5.37. The molecule has 2 aromatic rings. The lowest BCUT2D eigenvalue weighted by molar-refractivity contribution is 0.294. The first-order valence-electron chi connectivity index (χ1n) is 4.90. The molecule has 0 saturated carbocycles. The number of pyridine rings is 1. The Hall–Kier alpha value is -2.34. The first-order chi connectivity index (χ1) is 7.88. The smallest absolute Gasteiger partial charge is 0.309 e. The van der Waals surface area contributed by atoms with E-state index in [4.69, 9.17) is 11.3 Å². The van der Waals surface area contributed by atoms with Crippen molar-refractivity contribution in [1.29, 1.82) is 0 Å². The summed E-state index contributed by atoms with van der Waals surface area (Å²) in [7, 11) is 0. The lowest BCUT2D eigenvalue weighted by Crippen LogP contribution is -1.96. The number of hydrogen-bond acceptors (Lipinski definition) is 2. The van der Waals surface area contributed by atoms with E-state index < -0.39 is 0 Å². The standard InChI is InChI=1S/C13H10N2O/c1-14-12-8-5-9-13(15-12)16-10-11-6-3-2-4-7-11/h2-9H,10H2. The molecule has 0 amide bonds. The second-order valence-corrected chi connectivity index (χ2v) is 3.22. The second kappa shape index (κ2) is 4.94. The number of hydrogen-bond donors (Lipinski definition) is 0. The maximum absolute atomic E-state index is 6.84. The fourth-order valence-corrected chi connectivity index (χ4v) is 1.28. The average Bonchev–Trinajstić information content (AvgIpc) is 2.38. The predicted octanol–water partition coefficient (Wildman–Crippen LogP) is 3.21. The van der Waals surface area contributed by atoms with E-state index in [9.17, 15) is 0 Å². The molecule has 0 aliphatic rings. The molecule has 16 heavy (non-hydrogen) atoms. The van der Waals surface area contributed by atoms with Crippen LogP contribution in [0, 0.1) is 6.57 Å². The summed E-state index contributed by atoms with van der Waals surface area (Å²) in [5, 5.41) is 0. The summed E-state index contributed by atoms with van der Waals surface area (Å²) >= 11 is 0. The molecule has 1 heterocycles. The summed E-state index contributed by atoms with van der Waals surface area (Å²) in [5.41, 5.74) is 1.08. The van der Waals surface area contributed by atoms with Crippen molar-refractivity contribution in [1.82, 2.24) is 4.98 Å². The summed E-state index contributed by atoms with van der Waals surface area (Å²) in [6.45, 7) is 7.31. The summed E-state index contributed by atoms with van der Waals surface area (Å²) in [4.78, 5) is 7.28. The normalized spacial score (nSPS) is 9.44. The van der Waals surface area contributed by atoms with Crippen LogP contribution in [-0.2, 0) is 6.61 Å². The Kier molecular flexibility index (Phi) is 3.15. The van der Waals surface area contributed by atoms with Gasteiger partial charge in [-0.3, -0.25) is 0 Å². The van der Waals surface area contributed by atoms with Gasteiger partial charge in [0, 0.05) is 6.07 Å². The molecule has 0 spiro atoms. The number of benzene rings is 1. The Balaban J connectivity index is 2.03. The fourth-order valence-electron chi connectivity index (χ4n) is 1.28. The largest absolute Gasteiger partial charge is 0.456 e. The van der Waals surface area contributed by atoms with Gasteiger partial charge in [-0.2, -0.15) is 0 Å². The average molecular weight is 210 g/mol. The maximum Gasteiger partial charge on any atom is 0.309 e. The molecule has 0 bridgehead atoms. The van der Waals surface area contributed by atoms with Crippen molar-refractivity contribution in [3.63, 3.8) is 0 Å². The van der Waals surface area contributed by atoms with E-state index in [0.29, 0.717) is 18.3 Å². The lowest BCUT2D eigenvalue weighted by Gasteiger charge is -2.02. The molecule has 0 atom stereocenters. The highest BCUT2D eigenvalue weighted by Gasteiger charge is 2.01. The number of rotatable bonds is 3. The van der Waals surface area contributed by atoms with Gasteiger partial charge in [0.25, 0.3) is 5.82 Å². The van der Waals surface area contributed by atoms with Gasteiger partial charge in [-0.05, 0) is 11.6 Å². The van der Waals surface area contributed by atoms with E-state index in [1.807, 2.05) is 30.3 Å². The SMILES string of the molecule is [C-]#[N+]c1cccc(OCc2ccccc2)n1. The molecular formula is C13H10N2O. The molecule has 0 aliphatic carbocycles. The van der Waals surface area contributed by atoms with Crippen molar-refractivity contribution in [2.45, 2.75) is 6.61 Å². The highest BCUT2D eigenvalue weighted by atomic mass is 16.5. The van der Waals surface area contributed by atoms with Gasteiger partial charge in [-0.1, -0.05) is 48.0 Å². The number of ether oxygens (including phenoxy) is 1. The first-order valence-corrected chi connectivity index (χ1v) is 4.90. The minimum Gasteiger partial charge on any atom is -0.456 e. The maximum atomic E-state index is 6.84. The molecule has 0 fully saturated rings. The van der Waals surface area contributed by atoms with Crippen molar-refractivity contribution in [3.8, 4) is 5.88 Å². The van der Waals surface area contributed by atoms with Crippen molar-refractivity contribution < 1.29 is 4.74 Å². The highest BCUT2D eigenvalue weighted by Crippen LogP contribution is 2.15. The van der Waals surface area contributed by atoms with Crippen molar-refractivity contribution in [2.75, 3.05) is 0 Å². The molecule has 1 aromatic carbocycles. The van der Waals surface area contributed by atoms with Gasteiger partial charge >= 0.3 is 5.88 Å². The summed E-state index contributed by atoms with van der Waals surface area (Å²) in [6, 6.07) is 15.0. The van der Waals surface area contributed by atoms with E-state index in [0.717, 1.165) is 5.56 Å². The molecule has 0 aliphatic heterocycles. The van der Waals surface area contributed by atoms with Crippen LogP contribution in [0.25, 0.3) is 4.85 Å². The van der Waals surface area contributed by atoms with Gasteiger partial charge in [0.1, 0.15) is 6.61 Å². The molecule has 1 aromatic heterocycles. The molecule has 0 unspecified atom stereocenters. The van der Waals surface area contributed by atoms with Crippen LogP contribution in [-0.4, -0.2) is 4.98 Å². The third kappa shape index (κ3) is 2.58. The Morgan fingerprint density at radius 1 is 1.06 bits per heavy atom. The Bertz CT molecular complexity index is 503. The molecule has 3 heteroatoms. The van der Waals surface area contributed by atoms with E-state index in [-0.39, 0.29) is 0 Å². The molecule has 0 radical (unpaired) electrons. The number of aromatic nitrogens is 1. The third-order valence-corrected chi connectivity index (χ3v) is 2.05. The van der Waals surface area contributed by atoms with Crippen LogP contribution >= 0.6 is 0 Å². The minimum atomic E-state index is 0.352. The van der Waals surface area contributed by atoms with Gasteiger partial charge < -0.3 is 9.58 Å². The topological polar surface area (TPSA) is 26.5 Å². The van der Waals surface area contributed by atoms with Crippen LogP contribution in [0.2, 0.25) is 0 Å². The van der Waals surface area contributed by atoms with Crippen LogP contribution in [0.15, 0.2) is 48.5 Å². The van der Waals surface area contributed by atoms with Gasteiger partial charge in [0.2, 0.25) is 0 Å². The molecule has 78 valence electrons. The Labute approximate surface area is 94.2 Å².